The molecular formula is C15H16N2O4. The van der Waals surface area contributed by atoms with Crippen molar-refractivity contribution in [2.75, 3.05) is 13.1 Å². The van der Waals surface area contributed by atoms with Crippen LogP contribution in [0, 0.1) is 0 Å². The molecule has 6 nitrogen and oxygen atoms in total. The third kappa shape index (κ3) is 2.26. The van der Waals surface area contributed by atoms with Gasteiger partial charge in [0.1, 0.15) is 12.6 Å². The maximum Gasteiger partial charge on any atom is 0.328 e. The predicted molar refractivity (Wildman–Crippen MR) is 73.5 cm³/mol. The summed E-state index contributed by atoms with van der Waals surface area (Å²) >= 11 is 0. The molecule has 2 fully saturated rings. The Labute approximate surface area is 121 Å². The molecule has 1 heterocycles. The zero-order valence-corrected chi connectivity index (χ0v) is 11.4. The van der Waals surface area contributed by atoms with Crippen molar-refractivity contribution in [1.29, 1.82) is 0 Å². The quantitative estimate of drug-likeness (QED) is 0.827. The molecule has 0 bridgehead atoms. The predicted octanol–water partition coefficient (Wildman–Crippen LogP) is 0.130. The van der Waals surface area contributed by atoms with Gasteiger partial charge in [0.25, 0.3) is 0 Å². The molecule has 2 aliphatic rings. The van der Waals surface area contributed by atoms with Gasteiger partial charge in [-0.05, 0) is 18.4 Å². The Morgan fingerprint density at radius 2 is 1.90 bits per heavy atom. The molecule has 1 saturated carbocycles. The van der Waals surface area contributed by atoms with Crippen LogP contribution in [0.2, 0.25) is 0 Å². The Hall–Kier alpha value is -2.37. The first kappa shape index (κ1) is 13.6. The summed E-state index contributed by atoms with van der Waals surface area (Å²) in [6.07, 6.45) is 1.39. The second-order valence-corrected chi connectivity index (χ2v) is 5.54. The first-order valence-corrected chi connectivity index (χ1v) is 6.91. The fourth-order valence-corrected chi connectivity index (χ4v) is 2.86. The number of carbonyl (C=O) groups excluding carboxylic acids is 2. The lowest BCUT2D eigenvalue weighted by Gasteiger charge is -2.35. The van der Waals surface area contributed by atoms with Crippen molar-refractivity contribution in [1.82, 2.24) is 10.2 Å². The molecule has 1 aliphatic carbocycles. The highest BCUT2D eigenvalue weighted by atomic mass is 16.4. The van der Waals surface area contributed by atoms with Gasteiger partial charge in [-0.3, -0.25) is 9.59 Å². The van der Waals surface area contributed by atoms with E-state index < -0.39 is 17.4 Å². The molecule has 0 spiro atoms. The maximum atomic E-state index is 12.8. The van der Waals surface area contributed by atoms with Crippen LogP contribution in [0.4, 0.5) is 0 Å². The lowest BCUT2D eigenvalue weighted by molar-refractivity contribution is -0.155. The summed E-state index contributed by atoms with van der Waals surface area (Å²) < 4.78 is 0. The smallest absolute Gasteiger partial charge is 0.328 e. The van der Waals surface area contributed by atoms with Gasteiger partial charge in [0.15, 0.2) is 0 Å². The van der Waals surface area contributed by atoms with Crippen LogP contribution in [0.15, 0.2) is 30.3 Å². The molecule has 1 saturated heterocycles. The first-order chi connectivity index (χ1) is 10.0. The Bertz CT molecular complexity index is 595. The van der Waals surface area contributed by atoms with Crippen molar-refractivity contribution in [2.24, 2.45) is 0 Å². The summed E-state index contributed by atoms with van der Waals surface area (Å²) in [6.45, 7) is -0.227. The number of nitrogens with zero attached hydrogens (tertiary/aromatic N) is 1. The number of piperazine rings is 1. The number of carbonyl (C=O) groups is 3. The summed E-state index contributed by atoms with van der Waals surface area (Å²) in [4.78, 5) is 36.9. The standard InChI is InChI=1S/C15H16N2O4/c18-12-9-17(11(8-16-12)13(19)20)14(21)15(6-7-15)10-4-2-1-3-5-10/h1-5,11H,6-9H2,(H,16,18)(H,19,20). The largest absolute Gasteiger partial charge is 0.480 e. The van der Waals surface area contributed by atoms with E-state index in [1.54, 1.807) is 0 Å². The van der Waals surface area contributed by atoms with Crippen LogP contribution < -0.4 is 5.32 Å². The normalized spacial score (nSPS) is 23.3. The van der Waals surface area contributed by atoms with E-state index in [1.807, 2.05) is 30.3 Å². The highest BCUT2D eigenvalue weighted by Gasteiger charge is 2.55. The molecule has 1 atom stereocenters. The molecule has 1 aromatic rings. The summed E-state index contributed by atoms with van der Waals surface area (Å²) in [5.41, 5.74) is 0.247. The average Bonchev–Trinajstić information content (AvgIpc) is 3.28. The van der Waals surface area contributed by atoms with Gasteiger partial charge in [0.2, 0.25) is 11.8 Å². The minimum Gasteiger partial charge on any atom is -0.480 e. The fourth-order valence-electron chi connectivity index (χ4n) is 2.86. The number of carboxylic acids is 1. The van der Waals surface area contributed by atoms with Crippen LogP contribution in [0.5, 0.6) is 0 Å². The van der Waals surface area contributed by atoms with E-state index in [4.69, 9.17) is 0 Å². The van der Waals surface area contributed by atoms with Crippen LogP contribution in [0.3, 0.4) is 0 Å². The molecule has 2 amide bonds. The monoisotopic (exact) mass is 288 g/mol. The van der Waals surface area contributed by atoms with Crippen molar-refractivity contribution in [3.63, 3.8) is 0 Å². The van der Waals surface area contributed by atoms with Crippen LogP contribution in [-0.4, -0.2) is 46.9 Å². The molecule has 1 unspecified atom stereocenters. The van der Waals surface area contributed by atoms with Gasteiger partial charge in [0, 0.05) is 6.54 Å². The van der Waals surface area contributed by atoms with Crippen LogP contribution in [0.25, 0.3) is 0 Å². The van der Waals surface area contributed by atoms with Gasteiger partial charge >= 0.3 is 5.97 Å². The van der Waals surface area contributed by atoms with E-state index in [1.165, 1.54) is 4.90 Å². The van der Waals surface area contributed by atoms with E-state index in [0.29, 0.717) is 12.8 Å². The van der Waals surface area contributed by atoms with E-state index >= 15 is 0 Å². The van der Waals surface area contributed by atoms with Crippen molar-refractivity contribution in [3.05, 3.63) is 35.9 Å². The number of aliphatic carboxylic acids is 1. The number of carboxylic acid groups (broad SMARTS) is 1. The Morgan fingerprint density at radius 3 is 2.48 bits per heavy atom. The van der Waals surface area contributed by atoms with Crippen molar-refractivity contribution >= 4 is 17.8 Å². The van der Waals surface area contributed by atoms with Gasteiger partial charge in [-0.25, -0.2) is 4.79 Å². The maximum absolute atomic E-state index is 12.8. The number of hydrogen-bond acceptors (Lipinski definition) is 3. The lowest BCUT2D eigenvalue weighted by atomic mass is 9.93. The van der Waals surface area contributed by atoms with Gasteiger partial charge in [-0.2, -0.15) is 0 Å². The SMILES string of the molecule is O=C1CN(C(=O)C2(c3ccccc3)CC2)C(C(=O)O)CN1. The number of nitrogens with one attached hydrogen (secondary N) is 1. The molecule has 110 valence electrons. The zero-order valence-electron chi connectivity index (χ0n) is 11.4. The number of amides is 2. The van der Waals surface area contributed by atoms with Gasteiger partial charge < -0.3 is 15.3 Å². The zero-order chi connectivity index (χ0) is 15.0. The van der Waals surface area contributed by atoms with E-state index in [2.05, 4.69) is 5.32 Å². The summed E-state index contributed by atoms with van der Waals surface area (Å²) in [5, 5.41) is 11.8. The Kier molecular flexibility index (Phi) is 3.16. The second-order valence-electron chi connectivity index (χ2n) is 5.54. The third-order valence-electron chi connectivity index (χ3n) is 4.21. The van der Waals surface area contributed by atoms with E-state index in [9.17, 15) is 19.5 Å². The van der Waals surface area contributed by atoms with Crippen LogP contribution in [0.1, 0.15) is 18.4 Å². The van der Waals surface area contributed by atoms with Gasteiger partial charge in [-0.15, -0.1) is 0 Å². The van der Waals surface area contributed by atoms with Crippen molar-refractivity contribution < 1.29 is 19.5 Å². The van der Waals surface area contributed by atoms with Crippen LogP contribution in [-0.2, 0) is 19.8 Å². The molecule has 1 aromatic carbocycles. The fraction of sp³-hybridized carbons (Fsp3) is 0.400. The van der Waals surface area contributed by atoms with Gasteiger partial charge in [-0.1, -0.05) is 30.3 Å². The molecule has 3 rings (SSSR count). The second kappa shape index (κ2) is 4.87. The average molecular weight is 288 g/mol. The molecule has 21 heavy (non-hydrogen) atoms. The minimum absolute atomic E-state index is 0.0369. The number of benzene rings is 1. The molecular weight excluding hydrogens is 272 g/mol. The highest BCUT2D eigenvalue weighted by Crippen LogP contribution is 2.49. The van der Waals surface area contributed by atoms with Crippen molar-refractivity contribution in [2.45, 2.75) is 24.3 Å². The first-order valence-electron chi connectivity index (χ1n) is 6.91. The van der Waals surface area contributed by atoms with Crippen LogP contribution >= 0.6 is 0 Å². The van der Waals surface area contributed by atoms with E-state index in [0.717, 1.165) is 5.56 Å². The Balaban J connectivity index is 1.89. The number of hydrogen-bond donors (Lipinski definition) is 2. The molecule has 0 aromatic heterocycles. The van der Waals surface area contributed by atoms with Crippen molar-refractivity contribution in [3.8, 4) is 0 Å². The minimum atomic E-state index is -1.09. The highest BCUT2D eigenvalue weighted by molar-refractivity contribution is 5.97. The topological polar surface area (TPSA) is 86.7 Å². The summed E-state index contributed by atoms with van der Waals surface area (Å²) in [5.74, 6) is -1.66. The van der Waals surface area contributed by atoms with E-state index in [-0.39, 0.29) is 24.9 Å². The third-order valence-corrected chi connectivity index (χ3v) is 4.21. The lowest BCUT2D eigenvalue weighted by Crippen LogP contribution is -2.61. The number of rotatable bonds is 3. The summed E-state index contributed by atoms with van der Waals surface area (Å²) in [7, 11) is 0. The molecule has 6 heteroatoms. The molecule has 1 aliphatic heterocycles. The molecule has 0 radical (unpaired) electrons. The van der Waals surface area contributed by atoms with Gasteiger partial charge in [0.05, 0.1) is 5.41 Å². The molecule has 2 N–H and O–H groups in total. The Morgan fingerprint density at radius 1 is 1.24 bits per heavy atom. The summed E-state index contributed by atoms with van der Waals surface area (Å²) in [6, 6.07) is 8.37.